The number of nitrogens with two attached hydrogens (primary N) is 1. The van der Waals surface area contributed by atoms with Gasteiger partial charge in [-0.15, -0.1) is 0 Å². The summed E-state index contributed by atoms with van der Waals surface area (Å²) in [4.78, 5) is 134. The maximum absolute atomic E-state index is 13.9. The summed E-state index contributed by atoms with van der Waals surface area (Å²) in [5.74, 6) is -4.69. The third-order valence-electron chi connectivity index (χ3n) is 19.8. The van der Waals surface area contributed by atoms with Crippen LogP contribution >= 0.6 is 11.3 Å². The van der Waals surface area contributed by atoms with Gasteiger partial charge in [0.15, 0.2) is 16.5 Å². The number of unbranched alkanes of at least 4 members (excludes halogenated alkanes) is 2. The highest BCUT2D eigenvalue weighted by atomic mass is 32.2. The number of nitrogens with zero attached hydrogens (tertiary/aromatic N) is 9. The van der Waals surface area contributed by atoms with Crippen LogP contribution in [0, 0.1) is 29.1 Å². The van der Waals surface area contributed by atoms with Gasteiger partial charge in [-0.3, -0.25) is 48.2 Å². The molecule has 12 rings (SSSR count). The first-order valence-corrected chi connectivity index (χ1v) is 36.7. The summed E-state index contributed by atoms with van der Waals surface area (Å²) < 4.78 is 51.5. The van der Waals surface area contributed by atoms with Gasteiger partial charge in [0, 0.05) is 86.9 Å². The maximum atomic E-state index is 13.9. The molecule has 2 aliphatic heterocycles. The van der Waals surface area contributed by atoms with Gasteiger partial charge in [0.2, 0.25) is 17.7 Å². The number of carboxylic acid groups (broad SMARTS) is 1. The van der Waals surface area contributed by atoms with Gasteiger partial charge in [-0.1, -0.05) is 69.7 Å². The lowest BCUT2D eigenvalue weighted by atomic mass is 9.39. The van der Waals surface area contributed by atoms with Crippen molar-refractivity contribution < 1.29 is 70.7 Å². The van der Waals surface area contributed by atoms with Gasteiger partial charge in [0.05, 0.1) is 52.9 Å². The van der Waals surface area contributed by atoms with Gasteiger partial charge in [0.1, 0.15) is 24.5 Å². The number of amides is 9. The molecule has 2 unspecified atom stereocenters. The predicted molar refractivity (Wildman–Crippen MR) is 376 cm³/mol. The van der Waals surface area contributed by atoms with E-state index in [9.17, 15) is 61.2 Å². The fourth-order valence-electron chi connectivity index (χ4n) is 16.3. The van der Waals surface area contributed by atoms with E-state index in [0.717, 1.165) is 52.9 Å². The van der Waals surface area contributed by atoms with Crippen molar-refractivity contribution in [3.8, 4) is 11.1 Å². The molecule has 6 heterocycles. The standard InChI is InChI=1S/C70H87N15O15S2/c1-43(2)57(79-54(86)15-7-6-10-25-84-55(87)22-23-56(84)88)61(90)76-50(13-11-24-72-64(71)94)60(89)75-46-18-16-45(17-19-46)34-99-66(95)81(29-31-102(96,97)98)28-30-100-70-38-67(4)35-68(5,39-70)37-69(36-67,40-70)41-85-44(3)48(32-74-85)47-20-21-53(78-58(47)63(92)93)82-26-27-83-42-73-59(51(83)33-82)62(91)80-65-77-49-12-8-9-14-52(49)101-65/h8-9,12,14,16-23,32,42-43,50,57H,6-7,10-11,13,15,24-31,33-41H2,1-5H3,(H,75,89)(H,76,90)(H,79,86)(H,92,93)(H3,71,72,94)(H,77,80,91)(H,96,97,98)/t50-,57-,67?,68?,69?,70?/m0/s1. The van der Waals surface area contributed by atoms with E-state index in [2.05, 4.69) is 50.4 Å². The van der Waals surface area contributed by atoms with Gasteiger partial charge in [0.25, 0.3) is 27.8 Å². The van der Waals surface area contributed by atoms with Crippen LogP contribution in [0.15, 0.2) is 85.3 Å². The van der Waals surface area contributed by atoms with Crippen molar-refractivity contribution in [3.05, 3.63) is 114 Å². The van der Waals surface area contributed by atoms with Gasteiger partial charge in [-0.25, -0.2) is 29.3 Å². The minimum Gasteiger partial charge on any atom is -0.476 e. The number of imide groups is 1. The van der Waals surface area contributed by atoms with Crippen molar-refractivity contribution in [3.63, 3.8) is 0 Å². The highest BCUT2D eigenvalue weighted by Crippen LogP contribution is 2.72. The predicted octanol–water partition coefficient (Wildman–Crippen LogP) is 7.19. The van der Waals surface area contributed by atoms with Gasteiger partial charge in [-0.05, 0) is 135 Å². The van der Waals surface area contributed by atoms with E-state index < -0.39 is 81.8 Å². The number of urea groups is 1. The summed E-state index contributed by atoms with van der Waals surface area (Å²) in [5.41, 5.74) is 8.25. The van der Waals surface area contributed by atoms with E-state index >= 15 is 0 Å². The summed E-state index contributed by atoms with van der Waals surface area (Å²) in [6, 6.07) is 14.6. The molecule has 9 amide bonds. The number of anilines is 3. The quantitative estimate of drug-likeness (QED) is 0.0118. The van der Waals surface area contributed by atoms with Gasteiger partial charge in [-0.2, -0.15) is 13.5 Å². The van der Waals surface area contributed by atoms with Crippen LogP contribution in [-0.2, 0) is 69.8 Å². The fraction of sp³-hybridized carbons (Fsp3) is 0.500. The lowest BCUT2D eigenvalue weighted by Gasteiger charge is -2.69. The van der Waals surface area contributed by atoms with Crippen LogP contribution in [-0.4, -0.2) is 173 Å². The molecule has 544 valence electrons. The van der Waals surface area contributed by atoms with Crippen molar-refractivity contribution in [1.29, 1.82) is 0 Å². The molecule has 6 aromatic rings. The van der Waals surface area contributed by atoms with Crippen LogP contribution < -0.4 is 37.2 Å². The molecule has 4 bridgehead atoms. The Hall–Kier alpha value is -9.66. The number of fused-ring (bicyclic) bond motifs is 2. The fourth-order valence-corrected chi connectivity index (χ4v) is 17.6. The first-order valence-electron chi connectivity index (χ1n) is 34.3. The minimum absolute atomic E-state index is 0.0241. The molecule has 4 aromatic heterocycles. The Kier molecular flexibility index (Phi) is 22.0. The number of carboxylic acids is 1. The van der Waals surface area contributed by atoms with Crippen molar-refractivity contribution in [1.82, 2.24) is 55.0 Å². The summed E-state index contributed by atoms with van der Waals surface area (Å²) in [5, 5.41) is 29.7. The highest BCUT2D eigenvalue weighted by Gasteiger charge is 2.66. The molecule has 30 nitrogen and oxygen atoms in total. The van der Waals surface area contributed by atoms with E-state index in [1.165, 1.54) is 28.4 Å². The normalized spacial score (nSPS) is 21.0. The summed E-state index contributed by atoms with van der Waals surface area (Å²) >= 11 is 1.37. The molecule has 0 spiro atoms. The number of thiazole rings is 1. The first kappa shape index (κ1) is 73.6. The average Bonchev–Trinajstić information content (AvgIpc) is 0.820. The first-order chi connectivity index (χ1) is 48.5. The molecule has 4 saturated carbocycles. The highest BCUT2D eigenvalue weighted by molar-refractivity contribution is 7.85. The molecule has 32 heteroatoms. The van der Waals surface area contributed by atoms with Crippen LogP contribution in [0.1, 0.15) is 143 Å². The number of pyridine rings is 1. The molecular formula is C70H87N15O15S2. The van der Waals surface area contributed by atoms with E-state index in [1.807, 2.05) is 45.3 Å². The Labute approximate surface area is 593 Å². The average molecular weight is 1440 g/mol. The van der Waals surface area contributed by atoms with Gasteiger partial charge < -0.3 is 55.9 Å². The Morgan fingerprint density at radius 1 is 0.814 bits per heavy atom. The topological polar surface area (TPSA) is 404 Å². The molecule has 0 saturated heterocycles. The SMILES string of the molecule is Cc1c(-c2ccc(N3CCn4cnc(C(=O)Nc5nc6ccccc6s5)c4C3)nc2C(=O)O)cnn1CC12CC3(C)CC(C)(C1)CC(OCCN(CCS(=O)(=O)O)C(=O)OCc1ccc(NC(=O)[C@H](CCCNC(N)=O)NC(=O)[C@@H](NC(=O)CCCCCN4C(=O)C=CC4=O)C(C)C)cc1)(C3)C2. The number of carbonyl (C=O) groups is 9. The smallest absolute Gasteiger partial charge is 0.410 e. The third kappa shape index (κ3) is 17.6. The molecule has 9 N–H and O–H groups in total. The van der Waals surface area contributed by atoms with Crippen LogP contribution in [0.25, 0.3) is 21.3 Å². The van der Waals surface area contributed by atoms with Crippen molar-refractivity contribution >= 4 is 102 Å². The monoisotopic (exact) mass is 1440 g/mol. The molecule has 4 aliphatic carbocycles. The number of para-hydroxylation sites is 1. The molecule has 2 aromatic carbocycles. The second-order valence-electron chi connectivity index (χ2n) is 28.8. The van der Waals surface area contributed by atoms with E-state index in [4.69, 9.17) is 25.3 Å². The van der Waals surface area contributed by atoms with E-state index in [0.29, 0.717) is 84.3 Å². The molecule has 102 heavy (non-hydrogen) atoms. The van der Waals surface area contributed by atoms with Crippen molar-refractivity contribution in [2.24, 2.45) is 27.9 Å². The third-order valence-corrected chi connectivity index (χ3v) is 21.5. The summed E-state index contributed by atoms with van der Waals surface area (Å²) in [7, 11) is -4.51. The molecule has 4 atom stereocenters. The molecular weight excluding hydrogens is 1350 g/mol. The number of ether oxygens (including phenoxy) is 2. The summed E-state index contributed by atoms with van der Waals surface area (Å²) in [6.45, 7) is 11.4. The zero-order chi connectivity index (χ0) is 72.9. The second-order valence-corrected chi connectivity index (χ2v) is 31.4. The number of imidazole rings is 1. The van der Waals surface area contributed by atoms with Gasteiger partial charge >= 0.3 is 18.1 Å². The number of aromatic nitrogens is 6. The minimum atomic E-state index is -4.51. The Balaban J connectivity index is 0.694. The number of carbonyl (C=O) groups excluding carboxylic acids is 8. The zero-order valence-corrected chi connectivity index (χ0v) is 59.3. The van der Waals surface area contributed by atoms with Crippen molar-refractivity contribution in [2.75, 3.05) is 60.6 Å². The molecule has 4 fully saturated rings. The number of aromatic carboxylic acids is 1. The maximum Gasteiger partial charge on any atom is 0.410 e. The Morgan fingerprint density at radius 3 is 2.25 bits per heavy atom. The van der Waals surface area contributed by atoms with E-state index in [-0.39, 0.29) is 104 Å². The lowest BCUT2D eigenvalue weighted by Crippen LogP contribution is -2.64. The number of rotatable bonds is 32. The number of nitrogens with one attached hydrogen (secondary N) is 5. The van der Waals surface area contributed by atoms with Crippen LogP contribution in [0.4, 0.5) is 26.2 Å². The molecule has 6 aliphatic rings. The Bertz CT molecular complexity index is 4290. The number of hydrogen-bond donors (Lipinski definition) is 8. The zero-order valence-electron chi connectivity index (χ0n) is 57.7. The summed E-state index contributed by atoms with van der Waals surface area (Å²) in [6.07, 6.45) is 11.7. The second kappa shape index (κ2) is 30.5. The van der Waals surface area contributed by atoms with E-state index in [1.54, 1.807) is 62.8 Å². The number of benzene rings is 2. The van der Waals surface area contributed by atoms with Crippen LogP contribution in [0.3, 0.4) is 0 Å². The lowest BCUT2D eigenvalue weighted by molar-refractivity contribution is -0.248. The number of primary amides is 1. The number of hydrogen-bond acceptors (Lipinski definition) is 19. The Morgan fingerprint density at radius 2 is 1.55 bits per heavy atom. The van der Waals surface area contributed by atoms with Crippen LogP contribution in [0.5, 0.6) is 0 Å². The van der Waals surface area contributed by atoms with Crippen LogP contribution in [0.2, 0.25) is 0 Å². The van der Waals surface area contributed by atoms with Crippen molar-refractivity contribution in [2.45, 2.75) is 156 Å². The largest absolute Gasteiger partial charge is 0.476 e. The molecule has 0 radical (unpaired) electrons.